The monoisotopic (exact) mass is 653 g/mol. The lowest BCUT2D eigenvalue weighted by atomic mass is 10.1. The molecular formula is C28H53Cl2N7O6. The Morgan fingerprint density at radius 2 is 1.42 bits per heavy atom. The molecule has 1 heterocycles. The summed E-state index contributed by atoms with van der Waals surface area (Å²) in [5, 5.41) is 10.6. The molecule has 0 saturated carbocycles. The number of ether oxygens (including phenoxy) is 2. The Kier molecular flexibility index (Phi) is 29.4. The molecule has 250 valence electrons. The normalized spacial score (nSPS) is 11.0. The van der Waals surface area contributed by atoms with Gasteiger partial charge in [0.05, 0.1) is 45.8 Å². The third-order valence-electron chi connectivity index (χ3n) is 6.26. The SMILES string of the molecule is CCCCCCCCCCCC(=O)NCCOCCOCCNC(=O)[C@H](Cc1cnc[nH]1)NC(=O)CNC(=O)CN.Cl.Cl. The first-order valence-corrected chi connectivity index (χ1v) is 14.9. The first-order chi connectivity index (χ1) is 20.0. The average molecular weight is 655 g/mol. The minimum absolute atomic E-state index is 0. The quantitative estimate of drug-likeness (QED) is 0.0811. The third kappa shape index (κ3) is 24.7. The Morgan fingerprint density at radius 3 is 2.00 bits per heavy atom. The van der Waals surface area contributed by atoms with E-state index in [-0.39, 0.29) is 63.4 Å². The first kappa shape index (κ1) is 42.7. The van der Waals surface area contributed by atoms with Gasteiger partial charge in [-0.25, -0.2) is 4.98 Å². The molecule has 13 nitrogen and oxygen atoms in total. The number of carbonyl (C=O) groups excluding carboxylic acids is 4. The van der Waals surface area contributed by atoms with Crippen molar-refractivity contribution in [3.8, 4) is 0 Å². The number of carbonyl (C=O) groups is 4. The van der Waals surface area contributed by atoms with Gasteiger partial charge < -0.3 is 41.5 Å². The van der Waals surface area contributed by atoms with Crippen molar-refractivity contribution in [1.29, 1.82) is 0 Å². The van der Waals surface area contributed by atoms with Gasteiger partial charge in [-0.05, 0) is 6.42 Å². The number of nitrogens with zero attached hydrogens (tertiary/aromatic N) is 1. The third-order valence-corrected chi connectivity index (χ3v) is 6.26. The summed E-state index contributed by atoms with van der Waals surface area (Å²) in [5.41, 5.74) is 5.88. The van der Waals surface area contributed by atoms with Crippen LogP contribution in [0.25, 0.3) is 0 Å². The van der Waals surface area contributed by atoms with Crippen LogP contribution in [0, 0.1) is 0 Å². The van der Waals surface area contributed by atoms with Crippen LogP contribution in [0.15, 0.2) is 12.5 Å². The molecule has 0 aliphatic heterocycles. The molecule has 0 bridgehead atoms. The van der Waals surface area contributed by atoms with E-state index >= 15 is 0 Å². The number of rotatable bonds is 26. The Balaban J connectivity index is 0. The lowest BCUT2D eigenvalue weighted by molar-refractivity contribution is -0.129. The summed E-state index contributed by atoms with van der Waals surface area (Å²) in [6.07, 6.45) is 14.9. The molecule has 1 rings (SSSR count). The summed E-state index contributed by atoms with van der Waals surface area (Å²) in [7, 11) is 0. The minimum atomic E-state index is -0.864. The summed E-state index contributed by atoms with van der Waals surface area (Å²) in [4.78, 5) is 54.8. The van der Waals surface area contributed by atoms with Gasteiger partial charge >= 0.3 is 0 Å². The maximum Gasteiger partial charge on any atom is 0.243 e. The number of amides is 4. The van der Waals surface area contributed by atoms with E-state index < -0.39 is 23.8 Å². The maximum atomic E-state index is 12.6. The molecule has 0 saturated heterocycles. The molecule has 43 heavy (non-hydrogen) atoms. The van der Waals surface area contributed by atoms with Gasteiger partial charge in [0.2, 0.25) is 23.6 Å². The van der Waals surface area contributed by atoms with Crippen molar-refractivity contribution in [3.05, 3.63) is 18.2 Å². The molecule has 0 fully saturated rings. The van der Waals surface area contributed by atoms with Gasteiger partial charge in [0.1, 0.15) is 6.04 Å². The van der Waals surface area contributed by atoms with Crippen LogP contribution in [0.4, 0.5) is 0 Å². The number of hydrogen-bond donors (Lipinski definition) is 6. The number of imidazole rings is 1. The van der Waals surface area contributed by atoms with Crippen LogP contribution >= 0.6 is 24.8 Å². The molecule has 0 aliphatic carbocycles. The average Bonchev–Trinajstić information content (AvgIpc) is 3.48. The summed E-state index contributed by atoms with van der Waals surface area (Å²) in [6.45, 7) is 3.81. The minimum Gasteiger partial charge on any atom is -0.377 e. The van der Waals surface area contributed by atoms with E-state index in [2.05, 4.69) is 38.2 Å². The maximum absolute atomic E-state index is 12.6. The highest BCUT2D eigenvalue weighted by atomic mass is 35.5. The molecule has 0 spiro atoms. The number of aromatic nitrogens is 2. The summed E-state index contributed by atoms with van der Waals surface area (Å²) < 4.78 is 11.0. The second kappa shape index (κ2) is 29.6. The van der Waals surface area contributed by atoms with Crippen LogP contribution in [-0.2, 0) is 35.1 Å². The molecule has 0 unspecified atom stereocenters. The van der Waals surface area contributed by atoms with Crippen molar-refractivity contribution in [3.63, 3.8) is 0 Å². The van der Waals surface area contributed by atoms with E-state index in [1.54, 1.807) is 6.20 Å². The zero-order valence-electron chi connectivity index (χ0n) is 25.5. The number of halogens is 2. The van der Waals surface area contributed by atoms with E-state index in [0.717, 1.165) is 12.8 Å². The van der Waals surface area contributed by atoms with Gasteiger partial charge in [-0.2, -0.15) is 0 Å². The Bertz CT molecular complexity index is 850. The number of nitrogens with two attached hydrogens (primary N) is 1. The smallest absolute Gasteiger partial charge is 0.243 e. The highest BCUT2D eigenvalue weighted by Gasteiger charge is 2.21. The standard InChI is InChI=1S/C28H51N7O6.2ClH/c1-2-3-4-5-6-7-8-9-10-11-25(36)31-12-14-40-16-17-41-15-13-32-28(39)24(18-23-20-30-22-34-23)35-27(38)21-33-26(37)19-29;;/h20,22,24H,2-19,21,29H2,1H3,(H,30,34)(H,31,36)(H,32,39)(H,33,37)(H,35,38);2*1H/t24-;;/m0../s1. The van der Waals surface area contributed by atoms with Gasteiger partial charge in [-0.3, -0.25) is 19.2 Å². The lowest BCUT2D eigenvalue weighted by Gasteiger charge is -2.18. The number of hydrogen-bond acceptors (Lipinski definition) is 8. The highest BCUT2D eigenvalue weighted by Crippen LogP contribution is 2.10. The van der Waals surface area contributed by atoms with E-state index in [1.165, 1.54) is 51.3 Å². The number of nitrogens with one attached hydrogen (secondary N) is 5. The van der Waals surface area contributed by atoms with Gasteiger partial charge in [-0.15, -0.1) is 24.8 Å². The van der Waals surface area contributed by atoms with Crippen LogP contribution in [0.2, 0.25) is 0 Å². The fourth-order valence-corrected chi connectivity index (χ4v) is 3.96. The van der Waals surface area contributed by atoms with Gasteiger partial charge in [0.15, 0.2) is 0 Å². The second-order valence-corrected chi connectivity index (χ2v) is 9.83. The second-order valence-electron chi connectivity index (χ2n) is 9.83. The predicted octanol–water partition coefficient (Wildman–Crippen LogP) is 1.54. The van der Waals surface area contributed by atoms with Gasteiger partial charge in [0.25, 0.3) is 0 Å². The summed E-state index contributed by atoms with van der Waals surface area (Å²) in [6, 6.07) is -0.864. The van der Waals surface area contributed by atoms with Gasteiger partial charge in [0, 0.05) is 37.8 Å². The number of aromatic amines is 1. The zero-order chi connectivity index (χ0) is 30.0. The molecule has 7 N–H and O–H groups in total. The molecule has 4 amide bonds. The first-order valence-electron chi connectivity index (χ1n) is 14.9. The Morgan fingerprint density at radius 1 is 0.814 bits per heavy atom. The Hall–Kier alpha value is -2.45. The van der Waals surface area contributed by atoms with E-state index in [4.69, 9.17) is 15.2 Å². The summed E-state index contributed by atoms with van der Waals surface area (Å²) >= 11 is 0. The highest BCUT2D eigenvalue weighted by molar-refractivity contribution is 5.90. The number of H-pyrrole nitrogens is 1. The fraction of sp³-hybridized carbons (Fsp3) is 0.750. The van der Waals surface area contributed by atoms with Crippen molar-refractivity contribution in [2.75, 3.05) is 52.6 Å². The zero-order valence-corrected chi connectivity index (χ0v) is 27.1. The molecule has 1 aromatic rings. The molecule has 1 atom stereocenters. The van der Waals surface area contributed by atoms with Gasteiger partial charge in [-0.1, -0.05) is 58.3 Å². The molecule has 1 aromatic heterocycles. The molecule has 0 aromatic carbocycles. The summed E-state index contributed by atoms with van der Waals surface area (Å²) in [5.74, 6) is -1.31. The van der Waals surface area contributed by atoms with Crippen LogP contribution in [0.5, 0.6) is 0 Å². The van der Waals surface area contributed by atoms with E-state index in [9.17, 15) is 19.2 Å². The van der Waals surface area contributed by atoms with Crippen LogP contribution in [-0.4, -0.2) is 92.2 Å². The molecule has 0 aliphatic rings. The predicted molar refractivity (Wildman–Crippen MR) is 170 cm³/mol. The van der Waals surface area contributed by atoms with Crippen molar-refractivity contribution >= 4 is 48.4 Å². The van der Waals surface area contributed by atoms with Crippen molar-refractivity contribution < 1.29 is 28.7 Å². The largest absolute Gasteiger partial charge is 0.377 e. The van der Waals surface area contributed by atoms with Crippen molar-refractivity contribution in [1.82, 2.24) is 31.2 Å². The molecule has 0 radical (unpaired) electrons. The van der Waals surface area contributed by atoms with E-state index in [0.29, 0.717) is 38.5 Å². The van der Waals surface area contributed by atoms with Crippen molar-refractivity contribution in [2.24, 2.45) is 5.73 Å². The fourth-order valence-electron chi connectivity index (χ4n) is 3.96. The van der Waals surface area contributed by atoms with Crippen molar-refractivity contribution in [2.45, 2.75) is 83.6 Å². The van der Waals surface area contributed by atoms with E-state index in [1.807, 2.05) is 0 Å². The van der Waals surface area contributed by atoms with Crippen LogP contribution in [0.1, 0.15) is 76.8 Å². The Labute approximate surface area is 268 Å². The topological polar surface area (TPSA) is 190 Å². The lowest BCUT2D eigenvalue weighted by Crippen LogP contribution is -2.51. The van der Waals surface area contributed by atoms with Crippen LogP contribution in [0.3, 0.4) is 0 Å². The molecular weight excluding hydrogens is 601 g/mol. The number of unbranched alkanes of at least 4 members (excludes halogenated alkanes) is 8. The van der Waals surface area contributed by atoms with Crippen LogP contribution < -0.4 is 27.0 Å². The molecule has 15 heteroatoms.